The number of aryl methyl sites for hydroxylation is 2. The van der Waals surface area contributed by atoms with Crippen LogP contribution in [-0.4, -0.2) is 21.1 Å². The van der Waals surface area contributed by atoms with Crippen molar-refractivity contribution in [2.24, 2.45) is 0 Å². The van der Waals surface area contributed by atoms with E-state index in [9.17, 15) is 9.59 Å². The first kappa shape index (κ1) is 17.3. The second-order valence-corrected chi connectivity index (χ2v) is 6.72. The maximum absolute atomic E-state index is 12.4. The number of nitrogens with one attached hydrogen (secondary N) is 2. The highest BCUT2D eigenvalue weighted by atomic mass is 32.2. The fraction of sp³-hybridized carbons (Fsp3) is 0.353. The van der Waals surface area contributed by atoms with Crippen LogP contribution in [0.25, 0.3) is 0 Å². The Balaban J connectivity index is 2.10. The van der Waals surface area contributed by atoms with E-state index in [2.05, 4.69) is 15.3 Å². The maximum atomic E-state index is 12.4. The summed E-state index contributed by atoms with van der Waals surface area (Å²) < 4.78 is 0. The molecule has 1 unspecified atom stereocenters. The van der Waals surface area contributed by atoms with Crippen LogP contribution >= 0.6 is 11.8 Å². The second kappa shape index (κ2) is 7.46. The maximum Gasteiger partial charge on any atom is 0.251 e. The van der Waals surface area contributed by atoms with Gasteiger partial charge in [0.1, 0.15) is 0 Å². The van der Waals surface area contributed by atoms with Gasteiger partial charge in [-0.15, -0.1) is 0 Å². The normalized spacial score (nSPS) is 12.0. The molecule has 1 heterocycles. The van der Waals surface area contributed by atoms with Gasteiger partial charge in [0.2, 0.25) is 5.91 Å². The molecule has 2 rings (SSSR count). The topological polar surface area (TPSA) is 74.8 Å². The minimum Gasteiger partial charge on any atom is -0.325 e. The van der Waals surface area contributed by atoms with Gasteiger partial charge in [-0.2, -0.15) is 0 Å². The third-order valence-corrected chi connectivity index (χ3v) is 4.64. The third-order valence-electron chi connectivity index (χ3n) is 3.66. The SMILES string of the molecule is CCc1cc(=O)[nH]c(SC(C)C(=O)Nc2cccc(C)c2C)n1. The molecule has 2 aromatic rings. The summed E-state index contributed by atoms with van der Waals surface area (Å²) in [4.78, 5) is 31.0. The summed E-state index contributed by atoms with van der Waals surface area (Å²) >= 11 is 1.25. The Labute approximate surface area is 139 Å². The van der Waals surface area contributed by atoms with Gasteiger partial charge in [0.15, 0.2) is 5.16 Å². The van der Waals surface area contributed by atoms with E-state index in [1.807, 2.05) is 39.0 Å². The number of thioether (sulfide) groups is 1. The molecule has 0 saturated heterocycles. The van der Waals surface area contributed by atoms with Crippen LogP contribution in [0.15, 0.2) is 34.2 Å². The summed E-state index contributed by atoms with van der Waals surface area (Å²) in [6.45, 7) is 7.72. The standard InChI is InChI=1S/C17H21N3O2S/c1-5-13-9-15(21)20-17(18-13)23-12(4)16(22)19-14-8-6-7-10(2)11(14)3/h6-9,12H,5H2,1-4H3,(H,19,22)(H,18,20,21). The van der Waals surface area contributed by atoms with Crippen molar-refractivity contribution in [3.8, 4) is 0 Å². The number of carbonyl (C=O) groups excluding carboxylic acids is 1. The van der Waals surface area contributed by atoms with Gasteiger partial charge < -0.3 is 10.3 Å². The fourth-order valence-corrected chi connectivity index (χ4v) is 2.89. The molecule has 5 nitrogen and oxygen atoms in total. The first-order valence-electron chi connectivity index (χ1n) is 7.54. The van der Waals surface area contributed by atoms with Gasteiger partial charge in [0.05, 0.1) is 5.25 Å². The molecular weight excluding hydrogens is 310 g/mol. The molecule has 2 N–H and O–H groups in total. The number of H-pyrrole nitrogens is 1. The number of amides is 1. The molecule has 0 aliphatic heterocycles. The van der Waals surface area contributed by atoms with Gasteiger partial charge in [0, 0.05) is 17.4 Å². The van der Waals surface area contributed by atoms with Crippen LogP contribution in [-0.2, 0) is 11.2 Å². The van der Waals surface area contributed by atoms with Crippen molar-refractivity contribution in [2.45, 2.75) is 44.5 Å². The van der Waals surface area contributed by atoms with Crippen LogP contribution in [0.1, 0.15) is 30.7 Å². The molecule has 1 aromatic heterocycles. The number of anilines is 1. The van der Waals surface area contributed by atoms with Gasteiger partial charge in [-0.1, -0.05) is 30.8 Å². The molecular formula is C17H21N3O2S. The molecule has 0 aliphatic rings. The summed E-state index contributed by atoms with van der Waals surface area (Å²) in [6, 6.07) is 7.29. The van der Waals surface area contributed by atoms with E-state index in [4.69, 9.17) is 0 Å². The monoisotopic (exact) mass is 331 g/mol. The molecule has 1 atom stereocenters. The summed E-state index contributed by atoms with van der Waals surface area (Å²) in [5.74, 6) is -0.117. The van der Waals surface area contributed by atoms with Crippen molar-refractivity contribution >= 4 is 23.4 Å². The number of carbonyl (C=O) groups is 1. The van der Waals surface area contributed by atoms with Crippen LogP contribution in [0.4, 0.5) is 5.69 Å². The lowest BCUT2D eigenvalue weighted by molar-refractivity contribution is -0.115. The number of rotatable bonds is 5. The van der Waals surface area contributed by atoms with E-state index in [0.717, 1.165) is 22.5 Å². The van der Waals surface area contributed by atoms with Crippen LogP contribution in [0.2, 0.25) is 0 Å². The van der Waals surface area contributed by atoms with Crippen molar-refractivity contribution in [3.63, 3.8) is 0 Å². The average molecular weight is 331 g/mol. The number of aromatic amines is 1. The third kappa shape index (κ3) is 4.45. The Morgan fingerprint density at radius 3 is 2.83 bits per heavy atom. The largest absolute Gasteiger partial charge is 0.325 e. The highest BCUT2D eigenvalue weighted by Crippen LogP contribution is 2.22. The number of benzene rings is 1. The van der Waals surface area contributed by atoms with Gasteiger partial charge in [-0.05, 0) is 44.4 Å². The van der Waals surface area contributed by atoms with Gasteiger partial charge in [0.25, 0.3) is 5.56 Å². The van der Waals surface area contributed by atoms with Crippen LogP contribution in [0, 0.1) is 13.8 Å². The number of aromatic nitrogens is 2. The highest BCUT2D eigenvalue weighted by Gasteiger charge is 2.17. The Hall–Kier alpha value is -2.08. The first-order chi connectivity index (χ1) is 10.9. The molecule has 122 valence electrons. The van der Waals surface area contributed by atoms with Gasteiger partial charge in [-0.25, -0.2) is 4.98 Å². The van der Waals surface area contributed by atoms with Crippen molar-refractivity contribution in [1.82, 2.24) is 9.97 Å². The molecule has 1 aromatic carbocycles. The predicted octanol–water partition coefficient (Wildman–Crippen LogP) is 3.07. The van der Waals surface area contributed by atoms with Gasteiger partial charge >= 0.3 is 0 Å². The molecule has 6 heteroatoms. The fourth-order valence-electron chi connectivity index (χ4n) is 2.06. The molecule has 0 bridgehead atoms. The number of hydrogen-bond acceptors (Lipinski definition) is 4. The summed E-state index contributed by atoms with van der Waals surface area (Å²) in [5, 5.41) is 3.03. The lowest BCUT2D eigenvalue weighted by atomic mass is 10.1. The van der Waals surface area contributed by atoms with E-state index < -0.39 is 0 Å². The first-order valence-corrected chi connectivity index (χ1v) is 8.42. The van der Waals surface area contributed by atoms with E-state index in [1.54, 1.807) is 6.92 Å². The number of hydrogen-bond donors (Lipinski definition) is 2. The quantitative estimate of drug-likeness (QED) is 0.652. The zero-order valence-electron chi connectivity index (χ0n) is 13.8. The molecule has 0 radical (unpaired) electrons. The van der Waals surface area contributed by atoms with E-state index in [-0.39, 0.29) is 16.7 Å². The highest BCUT2D eigenvalue weighted by molar-refractivity contribution is 8.00. The van der Waals surface area contributed by atoms with Gasteiger partial charge in [-0.3, -0.25) is 9.59 Å². The molecule has 1 amide bonds. The summed E-state index contributed by atoms with van der Waals surface area (Å²) in [6.07, 6.45) is 0.681. The van der Waals surface area contributed by atoms with E-state index in [1.165, 1.54) is 17.8 Å². The minimum atomic E-state index is -0.370. The van der Waals surface area contributed by atoms with Crippen LogP contribution in [0.5, 0.6) is 0 Å². The molecule has 0 fully saturated rings. The molecule has 0 aliphatic carbocycles. The minimum absolute atomic E-state index is 0.117. The second-order valence-electron chi connectivity index (χ2n) is 5.39. The van der Waals surface area contributed by atoms with E-state index >= 15 is 0 Å². The predicted molar refractivity (Wildman–Crippen MR) is 94.1 cm³/mol. The molecule has 23 heavy (non-hydrogen) atoms. The number of nitrogens with zero attached hydrogens (tertiary/aromatic N) is 1. The zero-order valence-corrected chi connectivity index (χ0v) is 14.6. The van der Waals surface area contributed by atoms with Crippen molar-refractivity contribution < 1.29 is 4.79 Å². The van der Waals surface area contributed by atoms with Crippen LogP contribution in [0.3, 0.4) is 0 Å². The van der Waals surface area contributed by atoms with Crippen molar-refractivity contribution in [1.29, 1.82) is 0 Å². The smallest absolute Gasteiger partial charge is 0.251 e. The lowest BCUT2D eigenvalue weighted by Crippen LogP contribution is -2.24. The van der Waals surface area contributed by atoms with Crippen molar-refractivity contribution in [3.05, 3.63) is 51.4 Å². The zero-order chi connectivity index (χ0) is 17.0. The Morgan fingerprint density at radius 2 is 2.13 bits per heavy atom. The Morgan fingerprint density at radius 1 is 1.39 bits per heavy atom. The Bertz CT molecular complexity index is 771. The summed E-state index contributed by atoms with van der Waals surface area (Å²) in [7, 11) is 0. The summed E-state index contributed by atoms with van der Waals surface area (Å²) in [5.41, 5.74) is 3.52. The lowest BCUT2D eigenvalue weighted by Gasteiger charge is -2.14. The molecule has 0 spiro atoms. The van der Waals surface area contributed by atoms with E-state index in [0.29, 0.717) is 11.6 Å². The van der Waals surface area contributed by atoms with Crippen LogP contribution < -0.4 is 10.9 Å². The Kier molecular flexibility index (Phi) is 5.60. The average Bonchev–Trinajstić information content (AvgIpc) is 2.51. The molecule has 0 saturated carbocycles. The van der Waals surface area contributed by atoms with Crippen molar-refractivity contribution in [2.75, 3.05) is 5.32 Å².